The number of aliphatic carboxylic acids is 1. The molecule has 2 rings (SSSR count). The number of amides is 1. The summed E-state index contributed by atoms with van der Waals surface area (Å²) >= 11 is 0. The Morgan fingerprint density at radius 2 is 1.77 bits per heavy atom. The summed E-state index contributed by atoms with van der Waals surface area (Å²) in [5.74, 6) is -2.39. The van der Waals surface area contributed by atoms with E-state index in [0.29, 0.717) is 12.5 Å². The molecule has 1 heterocycles. The molecular weight excluding hydrogens is 401 g/mol. The molecule has 2 atom stereocenters. The number of benzene rings is 1. The molecule has 4 N–H and O–H groups in total. The van der Waals surface area contributed by atoms with Crippen molar-refractivity contribution in [2.45, 2.75) is 52.0 Å². The van der Waals surface area contributed by atoms with Gasteiger partial charge in [-0.2, -0.15) is 18.3 Å². The molecular formula is C20H27F3N4O3. The van der Waals surface area contributed by atoms with Crippen LogP contribution < -0.4 is 11.1 Å². The molecule has 0 spiro atoms. The number of carboxylic acids is 1. The van der Waals surface area contributed by atoms with Gasteiger partial charge in [0.1, 0.15) is 0 Å². The van der Waals surface area contributed by atoms with Gasteiger partial charge >= 0.3 is 12.1 Å². The average molecular weight is 428 g/mol. The number of carboxylic acid groups (broad SMARTS) is 1. The highest BCUT2D eigenvalue weighted by molar-refractivity contribution is 5.82. The zero-order valence-electron chi connectivity index (χ0n) is 17.1. The van der Waals surface area contributed by atoms with E-state index in [-0.39, 0.29) is 11.8 Å². The van der Waals surface area contributed by atoms with Gasteiger partial charge in [-0.3, -0.25) is 9.48 Å². The Balaban J connectivity index is 0.000000553. The van der Waals surface area contributed by atoms with E-state index in [1.165, 1.54) is 0 Å². The molecule has 1 aromatic carbocycles. The van der Waals surface area contributed by atoms with E-state index in [9.17, 15) is 18.0 Å². The van der Waals surface area contributed by atoms with Gasteiger partial charge in [-0.1, -0.05) is 51.1 Å². The zero-order valence-corrected chi connectivity index (χ0v) is 17.1. The Labute approximate surface area is 173 Å². The molecule has 1 aromatic heterocycles. The van der Waals surface area contributed by atoms with Crippen LogP contribution in [0, 0.1) is 5.92 Å². The number of nitrogens with zero attached hydrogens (tertiary/aromatic N) is 2. The summed E-state index contributed by atoms with van der Waals surface area (Å²) in [6.07, 6.45) is -1.33. The first-order valence-electron chi connectivity index (χ1n) is 9.31. The van der Waals surface area contributed by atoms with E-state index in [1.807, 2.05) is 48.1 Å². The van der Waals surface area contributed by atoms with Crippen LogP contribution in [0.5, 0.6) is 0 Å². The van der Waals surface area contributed by atoms with Crippen LogP contribution in [0.2, 0.25) is 0 Å². The molecule has 10 heteroatoms. The quantitative estimate of drug-likeness (QED) is 0.628. The highest BCUT2D eigenvalue weighted by atomic mass is 19.4. The second-order valence-corrected chi connectivity index (χ2v) is 7.21. The van der Waals surface area contributed by atoms with Gasteiger partial charge in [0.25, 0.3) is 0 Å². The Morgan fingerprint density at radius 1 is 1.20 bits per heavy atom. The van der Waals surface area contributed by atoms with Crippen LogP contribution >= 0.6 is 0 Å². The van der Waals surface area contributed by atoms with E-state index < -0.39 is 18.2 Å². The Kier molecular flexibility index (Phi) is 9.51. The molecule has 1 amide bonds. The summed E-state index contributed by atoms with van der Waals surface area (Å²) in [5.41, 5.74) is 8.15. The van der Waals surface area contributed by atoms with Crippen LogP contribution in [-0.2, 0) is 22.7 Å². The first-order chi connectivity index (χ1) is 13.9. The maximum atomic E-state index is 12.3. The van der Waals surface area contributed by atoms with Gasteiger partial charge < -0.3 is 16.2 Å². The van der Waals surface area contributed by atoms with Gasteiger partial charge in [0, 0.05) is 30.8 Å². The molecule has 2 aromatic rings. The smallest absolute Gasteiger partial charge is 0.475 e. The van der Waals surface area contributed by atoms with Gasteiger partial charge in [-0.15, -0.1) is 0 Å². The normalized spacial score (nSPS) is 13.2. The number of carbonyl (C=O) groups excluding carboxylic acids is 1. The number of nitrogens with one attached hydrogen (secondary N) is 1. The lowest BCUT2D eigenvalue weighted by molar-refractivity contribution is -0.192. The Hall–Kier alpha value is -2.88. The van der Waals surface area contributed by atoms with Gasteiger partial charge in [0.15, 0.2) is 0 Å². The molecule has 0 fully saturated rings. The molecule has 30 heavy (non-hydrogen) atoms. The third-order valence-corrected chi connectivity index (χ3v) is 4.11. The molecule has 166 valence electrons. The summed E-state index contributed by atoms with van der Waals surface area (Å²) in [7, 11) is 0. The summed E-state index contributed by atoms with van der Waals surface area (Å²) in [5, 5.41) is 14.3. The lowest BCUT2D eigenvalue weighted by Gasteiger charge is -2.19. The minimum absolute atomic E-state index is 0.0279. The number of rotatable bonds is 7. The van der Waals surface area contributed by atoms with E-state index in [0.717, 1.165) is 17.7 Å². The van der Waals surface area contributed by atoms with Crippen LogP contribution in [0.3, 0.4) is 0 Å². The summed E-state index contributed by atoms with van der Waals surface area (Å²) < 4.78 is 33.6. The first-order valence-corrected chi connectivity index (χ1v) is 9.31. The Bertz CT molecular complexity index is 807. The maximum Gasteiger partial charge on any atom is 0.490 e. The average Bonchev–Trinajstić information content (AvgIpc) is 3.12. The number of hydrogen-bond acceptors (Lipinski definition) is 4. The van der Waals surface area contributed by atoms with E-state index in [2.05, 4.69) is 24.3 Å². The second kappa shape index (κ2) is 11.3. The van der Waals surface area contributed by atoms with Crippen LogP contribution in [0.4, 0.5) is 13.2 Å². The number of aromatic nitrogens is 2. The van der Waals surface area contributed by atoms with Crippen molar-refractivity contribution in [3.8, 4) is 0 Å². The predicted octanol–water partition coefficient (Wildman–Crippen LogP) is 2.92. The second-order valence-electron chi connectivity index (χ2n) is 7.21. The minimum Gasteiger partial charge on any atom is -0.475 e. The van der Waals surface area contributed by atoms with Crippen molar-refractivity contribution < 1.29 is 27.9 Å². The van der Waals surface area contributed by atoms with Crippen LogP contribution in [0.15, 0.2) is 42.7 Å². The molecule has 0 aliphatic rings. The van der Waals surface area contributed by atoms with Gasteiger partial charge in [-0.25, -0.2) is 4.79 Å². The lowest BCUT2D eigenvalue weighted by atomic mass is 9.93. The third kappa shape index (κ3) is 8.64. The minimum atomic E-state index is -5.08. The molecule has 0 aliphatic heterocycles. The highest BCUT2D eigenvalue weighted by Crippen LogP contribution is 2.17. The van der Waals surface area contributed by atoms with Gasteiger partial charge in [0.05, 0.1) is 12.2 Å². The fourth-order valence-electron chi connectivity index (χ4n) is 2.47. The van der Waals surface area contributed by atoms with Gasteiger partial charge in [-0.05, 0) is 11.5 Å². The summed E-state index contributed by atoms with van der Waals surface area (Å²) in [4.78, 5) is 21.1. The van der Waals surface area contributed by atoms with Gasteiger partial charge in [0.2, 0.25) is 5.91 Å². The van der Waals surface area contributed by atoms with Crippen LogP contribution in [0.1, 0.15) is 37.8 Å². The van der Waals surface area contributed by atoms with E-state index in [1.54, 1.807) is 6.20 Å². The van der Waals surface area contributed by atoms with Crippen molar-refractivity contribution >= 4 is 11.9 Å². The van der Waals surface area contributed by atoms with Crippen molar-refractivity contribution in [2.75, 3.05) is 0 Å². The summed E-state index contributed by atoms with van der Waals surface area (Å²) in [6, 6.07) is 9.29. The standard InChI is InChI=1S/C18H26N4O.C2HF3O2/c1-13(2)11-22-12-15(10-21-22)9-20-18(23)17(19)14(3)16-7-5-4-6-8-16;3-2(4,5)1(6)7/h4-8,10,12-14,17H,9,11,19H2,1-3H3,(H,20,23);(H,6,7). The Morgan fingerprint density at radius 3 is 2.27 bits per heavy atom. The number of nitrogens with two attached hydrogens (primary N) is 1. The number of alkyl halides is 3. The number of halogens is 3. The van der Waals surface area contributed by atoms with Crippen molar-refractivity contribution in [1.82, 2.24) is 15.1 Å². The number of carbonyl (C=O) groups is 2. The third-order valence-electron chi connectivity index (χ3n) is 4.11. The fraction of sp³-hybridized carbons (Fsp3) is 0.450. The van der Waals surface area contributed by atoms with E-state index in [4.69, 9.17) is 15.6 Å². The number of hydrogen-bond donors (Lipinski definition) is 3. The zero-order chi connectivity index (χ0) is 22.9. The lowest BCUT2D eigenvalue weighted by Crippen LogP contribution is -2.43. The monoisotopic (exact) mass is 428 g/mol. The van der Waals surface area contributed by atoms with Crippen molar-refractivity contribution in [1.29, 1.82) is 0 Å². The van der Waals surface area contributed by atoms with Crippen molar-refractivity contribution in [2.24, 2.45) is 11.7 Å². The fourth-order valence-corrected chi connectivity index (χ4v) is 2.47. The van der Waals surface area contributed by atoms with E-state index >= 15 is 0 Å². The molecule has 0 saturated heterocycles. The summed E-state index contributed by atoms with van der Waals surface area (Å²) in [6.45, 7) is 7.59. The predicted molar refractivity (Wildman–Crippen MR) is 105 cm³/mol. The molecule has 0 radical (unpaired) electrons. The van der Waals surface area contributed by atoms with Crippen LogP contribution in [0.25, 0.3) is 0 Å². The molecule has 0 bridgehead atoms. The highest BCUT2D eigenvalue weighted by Gasteiger charge is 2.38. The van der Waals surface area contributed by atoms with Crippen LogP contribution in [-0.4, -0.2) is 39.0 Å². The molecule has 2 unspecified atom stereocenters. The SMILES string of the molecule is CC(C)Cn1cc(CNC(=O)C(N)C(C)c2ccccc2)cn1.O=C(O)C(F)(F)F. The topological polar surface area (TPSA) is 110 Å². The molecule has 7 nitrogen and oxygen atoms in total. The molecule has 0 aliphatic carbocycles. The molecule has 0 saturated carbocycles. The van der Waals surface area contributed by atoms with Crippen molar-refractivity contribution in [3.05, 3.63) is 53.9 Å². The van der Waals surface area contributed by atoms with Crippen molar-refractivity contribution in [3.63, 3.8) is 0 Å². The maximum absolute atomic E-state index is 12.3. The first kappa shape index (κ1) is 25.2. The largest absolute Gasteiger partial charge is 0.490 e.